The van der Waals surface area contributed by atoms with Crippen molar-refractivity contribution in [1.82, 2.24) is 10.2 Å². The van der Waals surface area contributed by atoms with Crippen molar-refractivity contribution in [2.24, 2.45) is 0 Å². The molecule has 0 radical (unpaired) electrons. The zero-order valence-corrected chi connectivity index (χ0v) is 12.5. The Morgan fingerprint density at radius 2 is 2.19 bits per heavy atom. The number of anilines is 1. The third kappa shape index (κ3) is 4.58. The van der Waals surface area contributed by atoms with Crippen LogP contribution >= 0.6 is 34.7 Å². The van der Waals surface area contributed by atoms with Gasteiger partial charge in [-0.05, 0) is 18.2 Å². The topological polar surface area (TPSA) is 54.9 Å². The number of nitrogens with zero attached hydrogens (tertiary/aromatic N) is 2. The van der Waals surface area contributed by atoms with Gasteiger partial charge in [0.15, 0.2) is 4.34 Å². The number of rotatable bonds is 4. The lowest BCUT2D eigenvalue weighted by atomic mass is 10.2. The summed E-state index contributed by atoms with van der Waals surface area (Å²) in [5.74, 6) is -0.474. The SMILES string of the molecule is O=C(CSc1nncs1)Nc1cc(C(F)(F)F)ccc1Cl. The third-order valence-corrected chi connectivity index (χ3v) is 4.42. The second kappa shape index (κ2) is 6.63. The molecule has 1 heterocycles. The van der Waals surface area contributed by atoms with E-state index in [0.29, 0.717) is 4.34 Å². The number of nitrogens with one attached hydrogen (secondary N) is 1. The fourth-order valence-electron chi connectivity index (χ4n) is 1.34. The molecular weight excluding hydrogens is 347 g/mol. The van der Waals surface area contributed by atoms with Gasteiger partial charge < -0.3 is 5.32 Å². The quantitative estimate of drug-likeness (QED) is 0.846. The normalized spacial score (nSPS) is 11.4. The number of thioether (sulfide) groups is 1. The van der Waals surface area contributed by atoms with Crippen LogP contribution in [-0.4, -0.2) is 21.9 Å². The van der Waals surface area contributed by atoms with Crippen LogP contribution in [0.5, 0.6) is 0 Å². The minimum Gasteiger partial charge on any atom is -0.324 e. The highest BCUT2D eigenvalue weighted by atomic mass is 35.5. The van der Waals surface area contributed by atoms with Crippen LogP contribution in [0.2, 0.25) is 5.02 Å². The Hall–Kier alpha value is -1.32. The van der Waals surface area contributed by atoms with Gasteiger partial charge in [0.1, 0.15) is 5.51 Å². The van der Waals surface area contributed by atoms with E-state index in [4.69, 9.17) is 11.6 Å². The predicted octanol–water partition coefficient (Wildman–Crippen LogP) is 3.94. The van der Waals surface area contributed by atoms with E-state index in [1.54, 1.807) is 0 Å². The van der Waals surface area contributed by atoms with Crippen molar-refractivity contribution in [2.45, 2.75) is 10.5 Å². The van der Waals surface area contributed by atoms with Gasteiger partial charge in [-0.15, -0.1) is 10.2 Å². The summed E-state index contributed by atoms with van der Waals surface area (Å²) in [6.45, 7) is 0. The van der Waals surface area contributed by atoms with Crippen LogP contribution in [0.4, 0.5) is 18.9 Å². The van der Waals surface area contributed by atoms with Crippen molar-refractivity contribution in [3.63, 3.8) is 0 Å². The number of carbonyl (C=O) groups is 1. The van der Waals surface area contributed by atoms with Crippen molar-refractivity contribution < 1.29 is 18.0 Å². The Labute approximate surface area is 130 Å². The molecule has 0 saturated heterocycles. The first-order chi connectivity index (χ1) is 9.86. The van der Waals surface area contributed by atoms with Crippen molar-refractivity contribution in [3.8, 4) is 0 Å². The number of amides is 1. The van der Waals surface area contributed by atoms with Gasteiger partial charge >= 0.3 is 6.18 Å². The van der Waals surface area contributed by atoms with E-state index in [1.807, 2.05) is 0 Å². The summed E-state index contributed by atoms with van der Waals surface area (Å²) in [5, 5.41) is 9.73. The first-order valence-electron chi connectivity index (χ1n) is 5.42. The lowest BCUT2D eigenvalue weighted by Crippen LogP contribution is -2.15. The van der Waals surface area contributed by atoms with Gasteiger partial charge in [-0.1, -0.05) is 34.7 Å². The maximum atomic E-state index is 12.6. The van der Waals surface area contributed by atoms with Gasteiger partial charge in [0.25, 0.3) is 0 Å². The summed E-state index contributed by atoms with van der Waals surface area (Å²) in [6.07, 6.45) is -4.49. The molecule has 1 amide bonds. The van der Waals surface area contributed by atoms with E-state index in [-0.39, 0.29) is 16.5 Å². The van der Waals surface area contributed by atoms with Crippen LogP contribution < -0.4 is 5.32 Å². The van der Waals surface area contributed by atoms with Gasteiger partial charge in [0, 0.05) is 0 Å². The third-order valence-electron chi connectivity index (χ3n) is 2.23. The zero-order valence-electron chi connectivity index (χ0n) is 10.1. The molecule has 0 spiro atoms. The Morgan fingerprint density at radius 3 is 2.81 bits per heavy atom. The van der Waals surface area contributed by atoms with Gasteiger partial charge in [-0.2, -0.15) is 13.2 Å². The Balaban J connectivity index is 2.03. The van der Waals surface area contributed by atoms with Crippen molar-refractivity contribution in [2.75, 3.05) is 11.1 Å². The molecule has 1 aromatic carbocycles. The van der Waals surface area contributed by atoms with Crippen LogP contribution in [0.15, 0.2) is 28.0 Å². The van der Waals surface area contributed by atoms with Crippen molar-refractivity contribution in [3.05, 3.63) is 34.3 Å². The smallest absolute Gasteiger partial charge is 0.324 e. The summed E-state index contributed by atoms with van der Waals surface area (Å²) in [4.78, 5) is 11.7. The lowest BCUT2D eigenvalue weighted by Gasteiger charge is -2.11. The lowest BCUT2D eigenvalue weighted by molar-refractivity contribution is -0.137. The molecule has 10 heteroatoms. The predicted molar refractivity (Wildman–Crippen MR) is 75.7 cm³/mol. The molecule has 1 N–H and O–H groups in total. The molecule has 0 bridgehead atoms. The molecule has 1 aromatic heterocycles. The molecule has 21 heavy (non-hydrogen) atoms. The number of carbonyl (C=O) groups excluding carboxylic acids is 1. The molecule has 0 saturated carbocycles. The highest BCUT2D eigenvalue weighted by Gasteiger charge is 2.31. The summed E-state index contributed by atoms with van der Waals surface area (Å²) in [5.41, 5.74) is 0.567. The maximum Gasteiger partial charge on any atom is 0.416 e. The summed E-state index contributed by atoms with van der Waals surface area (Å²) in [6, 6.07) is 2.75. The van der Waals surface area contributed by atoms with Crippen molar-refractivity contribution in [1.29, 1.82) is 0 Å². The highest BCUT2D eigenvalue weighted by Crippen LogP contribution is 2.33. The number of halogens is 4. The molecule has 0 aliphatic carbocycles. The van der Waals surface area contributed by atoms with Crippen LogP contribution in [0.25, 0.3) is 0 Å². The van der Waals surface area contributed by atoms with Crippen molar-refractivity contribution >= 4 is 46.3 Å². The molecule has 112 valence electrons. The first kappa shape index (κ1) is 16.1. The second-order valence-corrected chi connectivity index (χ2v) is 6.20. The molecule has 2 aromatic rings. The average molecular weight is 354 g/mol. The van der Waals surface area contributed by atoms with Gasteiger partial charge in [-0.3, -0.25) is 4.79 Å². The minimum absolute atomic E-state index is 0.00175. The number of hydrogen-bond donors (Lipinski definition) is 1. The van der Waals surface area contributed by atoms with E-state index in [1.165, 1.54) is 16.8 Å². The Morgan fingerprint density at radius 1 is 1.43 bits per heavy atom. The monoisotopic (exact) mass is 353 g/mol. The number of alkyl halides is 3. The van der Waals surface area contributed by atoms with Gasteiger partial charge in [0.05, 0.1) is 22.0 Å². The van der Waals surface area contributed by atoms with Crippen LogP contribution in [-0.2, 0) is 11.0 Å². The Kier molecular flexibility index (Phi) is 5.07. The summed E-state index contributed by atoms with van der Waals surface area (Å²) >= 11 is 8.18. The summed E-state index contributed by atoms with van der Waals surface area (Å²) in [7, 11) is 0. The zero-order chi connectivity index (χ0) is 15.5. The molecular formula is C11H7ClF3N3OS2. The fraction of sp³-hybridized carbons (Fsp3) is 0.182. The van der Waals surface area contributed by atoms with Crippen LogP contribution in [0.3, 0.4) is 0 Å². The first-order valence-corrected chi connectivity index (χ1v) is 7.66. The standard InChI is InChI=1S/C11H7ClF3N3OS2/c12-7-2-1-6(11(13,14)15)3-8(7)17-9(19)4-20-10-18-16-5-21-10/h1-3,5H,4H2,(H,17,19). The fourth-order valence-corrected chi connectivity index (χ4v) is 2.79. The number of benzene rings is 1. The number of aromatic nitrogens is 2. The van der Waals surface area contributed by atoms with E-state index < -0.39 is 17.6 Å². The molecule has 0 fully saturated rings. The molecule has 0 unspecified atom stereocenters. The van der Waals surface area contributed by atoms with Gasteiger partial charge in [-0.25, -0.2) is 0 Å². The molecule has 0 aliphatic heterocycles. The molecule has 0 atom stereocenters. The Bertz CT molecular complexity index is 634. The molecule has 0 aliphatic rings. The van der Waals surface area contributed by atoms with E-state index in [2.05, 4.69) is 15.5 Å². The van der Waals surface area contributed by atoms with E-state index in [9.17, 15) is 18.0 Å². The van der Waals surface area contributed by atoms with Gasteiger partial charge in [0.2, 0.25) is 5.91 Å². The highest BCUT2D eigenvalue weighted by molar-refractivity contribution is 8.01. The van der Waals surface area contributed by atoms with Crippen LogP contribution in [0, 0.1) is 0 Å². The maximum absolute atomic E-state index is 12.6. The second-order valence-electron chi connectivity index (χ2n) is 3.73. The average Bonchev–Trinajstić information content (AvgIpc) is 2.91. The molecule has 4 nitrogen and oxygen atoms in total. The summed E-state index contributed by atoms with van der Waals surface area (Å²) < 4.78 is 38.4. The van der Waals surface area contributed by atoms with E-state index >= 15 is 0 Å². The minimum atomic E-state index is -4.49. The largest absolute Gasteiger partial charge is 0.416 e. The van der Waals surface area contributed by atoms with E-state index in [0.717, 1.165) is 30.0 Å². The van der Waals surface area contributed by atoms with Crippen LogP contribution in [0.1, 0.15) is 5.56 Å². The number of hydrogen-bond acceptors (Lipinski definition) is 5. The molecule has 2 rings (SSSR count).